The number of ether oxygens (including phenoxy) is 1. The van der Waals surface area contributed by atoms with Gasteiger partial charge in [0.1, 0.15) is 5.75 Å². The molecule has 0 bridgehead atoms. The van der Waals surface area contributed by atoms with Crippen LogP contribution in [0.4, 0.5) is 0 Å². The molecular weight excluding hydrogens is 260 g/mol. The Labute approximate surface area is 125 Å². The molecule has 0 saturated heterocycles. The Morgan fingerprint density at radius 3 is 2.67 bits per heavy atom. The van der Waals surface area contributed by atoms with Gasteiger partial charge in [0.25, 0.3) is 0 Å². The van der Waals surface area contributed by atoms with Crippen LogP contribution in [0, 0.1) is 13.8 Å². The van der Waals surface area contributed by atoms with E-state index in [0.717, 1.165) is 29.7 Å². The summed E-state index contributed by atoms with van der Waals surface area (Å²) in [6.07, 6.45) is 1.88. The van der Waals surface area contributed by atoms with Crippen LogP contribution in [0.25, 0.3) is 0 Å². The first-order valence-electron chi connectivity index (χ1n) is 7.39. The largest absolute Gasteiger partial charge is 0.496 e. The first kappa shape index (κ1) is 13.9. The quantitative estimate of drug-likeness (QED) is 0.787. The molecule has 0 aromatic heterocycles. The average Bonchev–Trinajstić information content (AvgIpc) is 2.93. The maximum Gasteiger partial charge on any atom is 0.174 e. The summed E-state index contributed by atoms with van der Waals surface area (Å²) in [6, 6.07) is 12.2. The third-order valence-corrected chi connectivity index (χ3v) is 4.60. The molecule has 0 heterocycles. The fourth-order valence-electron chi connectivity index (χ4n) is 3.26. The summed E-state index contributed by atoms with van der Waals surface area (Å²) in [7, 11) is 1.64. The van der Waals surface area contributed by atoms with E-state index >= 15 is 0 Å². The third kappa shape index (κ3) is 2.25. The Morgan fingerprint density at radius 2 is 1.90 bits per heavy atom. The lowest BCUT2D eigenvalue weighted by Gasteiger charge is -2.16. The molecule has 1 unspecified atom stereocenters. The van der Waals surface area contributed by atoms with Crippen molar-refractivity contribution in [2.75, 3.05) is 7.11 Å². The minimum atomic E-state index is -0.0304. The van der Waals surface area contributed by atoms with E-state index in [2.05, 4.69) is 12.1 Å². The molecule has 3 rings (SSSR count). The van der Waals surface area contributed by atoms with E-state index in [1.54, 1.807) is 7.11 Å². The molecule has 108 valence electrons. The number of benzene rings is 2. The van der Waals surface area contributed by atoms with Crippen LogP contribution in [0.3, 0.4) is 0 Å². The van der Waals surface area contributed by atoms with Crippen LogP contribution in [0.5, 0.6) is 5.75 Å². The van der Waals surface area contributed by atoms with E-state index < -0.39 is 0 Å². The van der Waals surface area contributed by atoms with Crippen LogP contribution in [0.2, 0.25) is 0 Å². The predicted octanol–water partition coefficient (Wildman–Crippen LogP) is 4.22. The van der Waals surface area contributed by atoms with Crippen molar-refractivity contribution in [1.29, 1.82) is 0 Å². The maximum atomic E-state index is 13.0. The first-order valence-corrected chi connectivity index (χ1v) is 7.39. The monoisotopic (exact) mass is 280 g/mol. The van der Waals surface area contributed by atoms with Gasteiger partial charge in [0, 0.05) is 5.92 Å². The van der Waals surface area contributed by atoms with E-state index in [0.29, 0.717) is 5.56 Å². The van der Waals surface area contributed by atoms with Gasteiger partial charge in [-0.1, -0.05) is 30.3 Å². The predicted molar refractivity (Wildman–Crippen MR) is 84.3 cm³/mol. The molecule has 0 N–H and O–H groups in total. The summed E-state index contributed by atoms with van der Waals surface area (Å²) in [5, 5.41) is 0. The number of hydrogen-bond donors (Lipinski definition) is 0. The van der Waals surface area contributed by atoms with Gasteiger partial charge in [0.05, 0.1) is 12.7 Å². The molecule has 2 heteroatoms. The van der Waals surface area contributed by atoms with Crippen molar-refractivity contribution in [2.45, 2.75) is 32.6 Å². The maximum absolute atomic E-state index is 13.0. The number of rotatable bonds is 3. The lowest BCUT2D eigenvalue weighted by Crippen LogP contribution is -2.12. The van der Waals surface area contributed by atoms with E-state index in [4.69, 9.17) is 4.74 Å². The van der Waals surface area contributed by atoms with Gasteiger partial charge in [-0.2, -0.15) is 0 Å². The molecule has 1 aliphatic carbocycles. The Hall–Kier alpha value is -2.09. The Balaban J connectivity index is 2.03. The van der Waals surface area contributed by atoms with Gasteiger partial charge in [0.2, 0.25) is 0 Å². The minimum absolute atomic E-state index is 0.0304. The van der Waals surface area contributed by atoms with Crippen molar-refractivity contribution in [3.8, 4) is 5.75 Å². The second-order valence-corrected chi connectivity index (χ2v) is 5.74. The number of carbonyl (C=O) groups excluding carboxylic acids is 1. The van der Waals surface area contributed by atoms with Gasteiger partial charge < -0.3 is 4.74 Å². The van der Waals surface area contributed by atoms with Gasteiger partial charge in [-0.15, -0.1) is 0 Å². The second kappa shape index (κ2) is 5.36. The highest BCUT2D eigenvalue weighted by atomic mass is 16.5. The van der Waals surface area contributed by atoms with Crippen molar-refractivity contribution < 1.29 is 9.53 Å². The molecule has 21 heavy (non-hydrogen) atoms. The van der Waals surface area contributed by atoms with Crippen LogP contribution in [-0.2, 0) is 6.42 Å². The number of ketones is 1. The lowest BCUT2D eigenvalue weighted by molar-refractivity contribution is 0.0956. The minimum Gasteiger partial charge on any atom is -0.496 e. The van der Waals surface area contributed by atoms with Gasteiger partial charge in [0.15, 0.2) is 5.78 Å². The molecular formula is C19H20O2. The summed E-state index contributed by atoms with van der Waals surface area (Å²) < 4.78 is 5.50. The summed E-state index contributed by atoms with van der Waals surface area (Å²) in [5.41, 5.74) is 5.40. The highest BCUT2D eigenvalue weighted by Crippen LogP contribution is 2.38. The van der Waals surface area contributed by atoms with Crippen molar-refractivity contribution in [3.05, 3.63) is 64.2 Å². The van der Waals surface area contributed by atoms with E-state index in [1.165, 1.54) is 11.1 Å². The van der Waals surface area contributed by atoms with Gasteiger partial charge >= 0.3 is 0 Å². The van der Waals surface area contributed by atoms with Crippen LogP contribution in [-0.4, -0.2) is 12.9 Å². The van der Waals surface area contributed by atoms with E-state index in [1.807, 2.05) is 38.1 Å². The fourth-order valence-corrected chi connectivity index (χ4v) is 3.26. The standard InChI is InChI=1S/C19H20O2/c1-12-8-10-17(19(21-3)13(12)2)18(20)16-11-9-14-6-4-5-7-15(14)16/h4-8,10,16H,9,11H2,1-3H3. The van der Waals surface area contributed by atoms with Crippen molar-refractivity contribution in [2.24, 2.45) is 0 Å². The summed E-state index contributed by atoms with van der Waals surface area (Å²) in [6.45, 7) is 4.05. The topological polar surface area (TPSA) is 26.3 Å². The Morgan fingerprint density at radius 1 is 1.14 bits per heavy atom. The number of methoxy groups -OCH3 is 1. The molecule has 0 fully saturated rings. The van der Waals surface area contributed by atoms with Gasteiger partial charge in [-0.25, -0.2) is 0 Å². The van der Waals surface area contributed by atoms with Crippen molar-refractivity contribution >= 4 is 5.78 Å². The summed E-state index contributed by atoms with van der Waals surface area (Å²) in [4.78, 5) is 13.0. The molecule has 0 radical (unpaired) electrons. The molecule has 0 saturated carbocycles. The van der Waals surface area contributed by atoms with Crippen LogP contribution >= 0.6 is 0 Å². The van der Waals surface area contributed by atoms with Crippen LogP contribution in [0.1, 0.15) is 45.0 Å². The zero-order valence-corrected chi connectivity index (χ0v) is 12.8. The lowest BCUT2D eigenvalue weighted by atomic mass is 9.90. The molecule has 2 nitrogen and oxygen atoms in total. The third-order valence-electron chi connectivity index (χ3n) is 4.60. The van der Waals surface area contributed by atoms with Gasteiger partial charge in [-0.3, -0.25) is 4.79 Å². The van der Waals surface area contributed by atoms with E-state index in [9.17, 15) is 4.79 Å². The normalized spacial score (nSPS) is 16.6. The number of hydrogen-bond acceptors (Lipinski definition) is 2. The van der Waals surface area contributed by atoms with E-state index in [-0.39, 0.29) is 11.7 Å². The molecule has 2 aromatic carbocycles. The summed E-state index contributed by atoms with van der Waals surface area (Å²) >= 11 is 0. The molecule has 0 aliphatic heterocycles. The Kier molecular flexibility index (Phi) is 3.54. The molecule has 0 spiro atoms. The zero-order valence-electron chi connectivity index (χ0n) is 12.8. The number of fused-ring (bicyclic) bond motifs is 1. The highest BCUT2D eigenvalue weighted by Gasteiger charge is 2.30. The summed E-state index contributed by atoms with van der Waals surface area (Å²) in [5.74, 6) is 0.876. The van der Waals surface area contributed by atoms with Crippen LogP contribution < -0.4 is 4.74 Å². The number of aryl methyl sites for hydroxylation is 2. The van der Waals surface area contributed by atoms with Crippen molar-refractivity contribution in [3.63, 3.8) is 0 Å². The average molecular weight is 280 g/mol. The van der Waals surface area contributed by atoms with Crippen molar-refractivity contribution in [1.82, 2.24) is 0 Å². The number of Topliss-reactive ketones (excluding diaryl/α,β-unsaturated/α-hetero) is 1. The highest BCUT2D eigenvalue weighted by molar-refractivity contribution is 6.04. The zero-order chi connectivity index (χ0) is 15.0. The molecule has 2 aromatic rings. The molecule has 0 amide bonds. The second-order valence-electron chi connectivity index (χ2n) is 5.74. The Bertz CT molecular complexity index is 701. The number of carbonyl (C=O) groups is 1. The SMILES string of the molecule is COc1c(C(=O)C2CCc3ccccc32)ccc(C)c1C. The smallest absolute Gasteiger partial charge is 0.174 e. The van der Waals surface area contributed by atoms with Crippen LogP contribution in [0.15, 0.2) is 36.4 Å². The first-order chi connectivity index (χ1) is 10.1. The molecule has 1 atom stereocenters. The molecule has 1 aliphatic rings. The fraction of sp³-hybridized carbons (Fsp3) is 0.316. The van der Waals surface area contributed by atoms with Gasteiger partial charge in [-0.05, 0) is 55.0 Å².